The molecule has 4 nitrogen and oxygen atoms in total. The number of benzene rings is 1. The van der Waals surface area contributed by atoms with Gasteiger partial charge in [-0.3, -0.25) is 0 Å². The molecule has 4 heteroatoms. The van der Waals surface area contributed by atoms with Gasteiger partial charge in [0.1, 0.15) is 17.5 Å². The summed E-state index contributed by atoms with van der Waals surface area (Å²) in [6, 6.07) is 5.94. The minimum atomic E-state index is -0.584. The van der Waals surface area contributed by atoms with Crippen LogP contribution < -0.4 is 4.74 Å². The van der Waals surface area contributed by atoms with Crippen LogP contribution in [0.3, 0.4) is 0 Å². The van der Waals surface area contributed by atoms with Crippen LogP contribution in [-0.4, -0.2) is 25.8 Å². The number of esters is 1. The highest BCUT2D eigenvalue weighted by Gasteiger charge is 2.47. The van der Waals surface area contributed by atoms with E-state index in [1.165, 1.54) is 12.7 Å². The van der Waals surface area contributed by atoms with Crippen molar-refractivity contribution < 1.29 is 19.0 Å². The van der Waals surface area contributed by atoms with Crippen molar-refractivity contribution in [3.63, 3.8) is 0 Å². The number of hydrogen-bond donors (Lipinski definition) is 0. The van der Waals surface area contributed by atoms with Crippen LogP contribution in [0.5, 0.6) is 5.75 Å². The van der Waals surface area contributed by atoms with E-state index in [0.717, 1.165) is 11.3 Å². The molecule has 2 aliphatic heterocycles. The monoisotopic (exact) mass is 260 g/mol. The summed E-state index contributed by atoms with van der Waals surface area (Å²) in [6.07, 6.45) is 2.33. The molecule has 1 aromatic rings. The predicted octanol–water partition coefficient (Wildman–Crippen LogP) is 2.18. The largest absolute Gasteiger partial charge is 0.497 e. The lowest BCUT2D eigenvalue weighted by atomic mass is 9.88. The lowest BCUT2D eigenvalue weighted by Gasteiger charge is -2.33. The van der Waals surface area contributed by atoms with E-state index in [4.69, 9.17) is 14.2 Å². The van der Waals surface area contributed by atoms with Crippen LogP contribution in [0.4, 0.5) is 0 Å². The van der Waals surface area contributed by atoms with Gasteiger partial charge in [0.05, 0.1) is 19.8 Å². The van der Waals surface area contributed by atoms with Crippen LogP contribution in [0, 0.1) is 0 Å². The van der Waals surface area contributed by atoms with E-state index in [0.29, 0.717) is 12.0 Å². The van der Waals surface area contributed by atoms with Gasteiger partial charge in [0.25, 0.3) is 0 Å². The molecule has 0 aromatic heterocycles. The summed E-state index contributed by atoms with van der Waals surface area (Å²) in [6.45, 7) is 1.93. The van der Waals surface area contributed by atoms with Crippen molar-refractivity contribution in [2.24, 2.45) is 0 Å². The molecule has 1 aromatic carbocycles. The number of ether oxygens (including phenoxy) is 3. The Kier molecular flexibility index (Phi) is 2.64. The van der Waals surface area contributed by atoms with Crippen molar-refractivity contribution in [2.75, 3.05) is 14.2 Å². The van der Waals surface area contributed by atoms with Crippen molar-refractivity contribution in [3.05, 3.63) is 41.0 Å². The average Bonchev–Trinajstić information content (AvgIpc) is 2.70. The maximum Gasteiger partial charge on any atom is 0.336 e. The maximum atomic E-state index is 11.8. The highest BCUT2D eigenvalue weighted by atomic mass is 16.5. The van der Waals surface area contributed by atoms with Crippen LogP contribution in [0.2, 0.25) is 0 Å². The molecule has 0 aliphatic carbocycles. The number of rotatable bonds is 2. The molecule has 0 fully saturated rings. The summed E-state index contributed by atoms with van der Waals surface area (Å²) >= 11 is 0. The standard InChI is InChI=1S/C15H16O4/c1-15-8-9-4-5-10(17-2)6-11(9)13(19-15)7-12(15)14(16)18-3/h4-7,13H,8H2,1-3H3/t13-,15-/m0/s1. The number of fused-ring (bicyclic) bond motifs is 4. The van der Waals surface area contributed by atoms with Gasteiger partial charge in [-0.2, -0.15) is 0 Å². The van der Waals surface area contributed by atoms with Crippen LogP contribution in [-0.2, 0) is 20.7 Å². The fourth-order valence-corrected chi connectivity index (χ4v) is 2.88. The van der Waals surface area contributed by atoms with Gasteiger partial charge in [0.2, 0.25) is 0 Å². The van der Waals surface area contributed by atoms with Gasteiger partial charge in [-0.25, -0.2) is 4.79 Å². The molecular formula is C15H16O4. The molecule has 0 unspecified atom stereocenters. The fourth-order valence-electron chi connectivity index (χ4n) is 2.88. The van der Waals surface area contributed by atoms with Gasteiger partial charge >= 0.3 is 5.97 Å². The van der Waals surface area contributed by atoms with Gasteiger partial charge in [-0.05, 0) is 36.3 Å². The Hall–Kier alpha value is -1.81. The molecule has 2 heterocycles. The molecule has 0 spiro atoms. The molecule has 0 saturated carbocycles. The van der Waals surface area contributed by atoms with Crippen molar-refractivity contribution in [2.45, 2.75) is 25.0 Å². The second-order valence-corrected chi connectivity index (χ2v) is 5.08. The number of carbonyl (C=O) groups is 1. The number of methoxy groups -OCH3 is 2. The van der Waals surface area contributed by atoms with Gasteiger partial charge in [-0.1, -0.05) is 6.07 Å². The van der Waals surface area contributed by atoms with Crippen LogP contribution in [0.1, 0.15) is 24.2 Å². The molecule has 0 N–H and O–H groups in total. The van der Waals surface area contributed by atoms with Crippen LogP contribution in [0.25, 0.3) is 0 Å². The van der Waals surface area contributed by atoms with E-state index in [1.54, 1.807) is 7.11 Å². The summed E-state index contributed by atoms with van der Waals surface area (Å²) in [4.78, 5) is 11.8. The maximum absolute atomic E-state index is 11.8. The van der Waals surface area contributed by atoms with Crippen LogP contribution >= 0.6 is 0 Å². The summed E-state index contributed by atoms with van der Waals surface area (Å²) < 4.78 is 16.1. The molecule has 0 saturated heterocycles. The lowest BCUT2D eigenvalue weighted by molar-refractivity contribution is -0.139. The van der Waals surface area contributed by atoms with E-state index >= 15 is 0 Å². The van der Waals surface area contributed by atoms with E-state index < -0.39 is 5.60 Å². The molecule has 0 radical (unpaired) electrons. The van der Waals surface area contributed by atoms with E-state index in [-0.39, 0.29) is 12.1 Å². The topological polar surface area (TPSA) is 44.8 Å². The molecule has 2 atom stereocenters. The first-order chi connectivity index (χ1) is 9.07. The summed E-state index contributed by atoms with van der Waals surface area (Å²) in [5.74, 6) is 0.482. The minimum absolute atomic E-state index is 0.196. The van der Waals surface area contributed by atoms with E-state index in [2.05, 4.69) is 0 Å². The summed E-state index contributed by atoms with van der Waals surface area (Å²) in [5, 5.41) is 0. The molecule has 19 heavy (non-hydrogen) atoms. The second kappa shape index (κ2) is 4.10. The number of hydrogen-bond acceptors (Lipinski definition) is 4. The van der Waals surface area contributed by atoms with Crippen molar-refractivity contribution >= 4 is 5.97 Å². The normalized spacial score (nSPS) is 27.5. The summed E-state index contributed by atoms with van der Waals surface area (Å²) in [5.41, 5.74) is 2.28. The van der Waals surface area contributed by atoms with Gasteiger partial charge in [0.15, 0.2) is 0 Å². The molecule has 2 bridgehead atoms. The SMILES string of the molecule is COC(=O)C1=C[C@@H]2O[C@@]1(C)Cc1ccc(OC)cc12. The highest BCUT2D eigenvalue weighted by Crippen LogP contribution is 2.47. The minimum Gasteiger partial charge on any atom is -0.497 e. The third-order valence-electron chi connectivity index (χ3n) is 3.87. The zero-order valence-electron chi connectivity index (χ0n) is 11.2. The van der Waals surface area contributed by atoms with Crippen molar-refractivity contribution in [1.29, 1.82) is 0 Å². The zero-order valence-corrected chi connectivity index (χ0v) is 11.2. The molecule has 3 rings (SSSR count). The Labute approximate surface area is 112 Å². The van der Waals surface area contributed by atoms with E-state index in [1.807, 2.05) is 31.2 Å². The second-order valence-electron chi connectivity index (χ2n) is 5.08. The first-order valence-electron chi connectivity index (χ1n) is 6.22. The fraction of sp³-hybridized carbons (Fsp3) is 0.400. The molecule has 2 aliphatic rings. The van der Waals surface area contributed by atoms with Crippen LogP contribution in [0.15, 0.2) is 29.8 Å². The van der Waals surface area contributed by atoms with Crippen molar-refractivity contribution in [1.82, 2.24) is 0 Å². The van der Waals surface area contributed by atoms with E-state index in [9.17, 15) is 4.79 Å². The first kappa shape index (κ1) is 12.2. The number of carbonyl (C=O) groups excluding carboxylic acids is 1. The first-order valence-corrected chi connectivity index (χ1v) is 6.22. The summed E-state index contributed by atoms with van der Waals surface area (Å²) in [7, 11) is 3.03. The Bertz CT molecular complexity index is 576. The van der Waals surface area contributed by atoms with Gasteiger partial charge in [0, 0.05) is 6.42 Å². The molecule has 0 amide bonds. The Morgan fingerprint density at radius 1 is 1.42 bits per heavy atom. The Balaban J connectivity index is 2.06. The quantitative estimate of drug-likeness (QED) is 0.765. The Morgan fingerprint density at radius 3 is 2.89 bits per heavy atom. The zero-order chi connectivity index (χ0) is 13.6. The van der Waals surface area contributed by atoms with Gasteiger partial charge in [-0.15, -0.1) is 0 Å². The van der Waals surface area contributed by atoms with Crippen molar-refractivity contribution in [3.8, 4) is 5.75 Å². The lowest BCUT2D eigenvalue weighted by Crippen LogP contribution is -2.37. The predicted molar refractivity (Wildman–Crippen MR) is 69.0 cm³/mol. The Morgan fingerprint density at radius 2 is 2.21 bits per heavy atom. The third kappa shape index (κ3) is 1.75. The average molecular weight is 260 g/mol. The third-order valence-corrected chi connectivity index (χ3v) is 3.87. The molecular weight excluding hydrogens is 244 g/mol. The molecule has 100 valence electrons. The smallest absolute Gasteiger partial charge is 0.336 e. The highest BCUT2D eigenvalue weighted by molar-refractivity contribution is 5.91. The van der Waals surface area contributed by atoms with Gasteiger partial charge < -0.3 is 14.2 Å².